The molecular weight excluding hydrogens is 208 g/mol. The second kappa shape index (κ2) is 4.03. The first-order chi connectivity index (χ1) is 7.72. The molecule has 0 atom stereocenters. The lowest BCUT2D eigenvalue weighted by Crippen LogP contribution is -1.97. The SMILES string of the molecule is Nc1ccc(-c2ncncc2O)cc1NO. The van der Waals surface area contributed by atoms with Crippen molar-refractivity contribution in [2.75, 3.05) is 11.2 Å². The Bertz CT molecular complexity index is 516. The Morgan fingerprint density at radius 3 is 2.81 bits per heavy atom. The molecule has 6 nitrogen and oxygen atoms in total. The molecule has 5 N–H and O–H groups in total. The molecule has 0 radical (unpaired) electrons. The lowest BCUT2D eigenvalue weighted by Gasteiger charge is -2.07. The van der Waals surface area contributed by atoms with Gasteiger partial charge in [0, 0.05) is 5.56 Å². The van der Waals surface area contributed by atoms with Crippen LogP contribution < -0.4 is 11.2 Å². The third-order valence-corrected chi connectivity index (χ3v) is 2.14. The second-order valence-corrected chi connectivity index (χ2v) is 3.17. The molecule has 0 aliphatic rings. The number of rotatable bonds is 2. The van der Waals surface area contributed by atoms with Crippen LogP contribution in [0.2, 0.25) is 0 Å². The van der Waals surface area contributed by atoms with E-state index >= 15 is 0 Å². The predicted molar refractivity (Wildman–Crippen MR) is 59.0 cm³/mol. The van der Waals surface area contributed by atoms with E-state index in [9.17, 15) is 5.11 Å². The fourth-order valence-corrected chi connectivity index (χ4v) is 1.35. The first-order valence-corrected chi connectivity index (χ1v) is 4.51. The van der Waals surface area contributed by atoms with Crippen LogP contribution in [-0.2, 0) is 0 Å². The molecule has 0 bridgehead atoms. The van der Waals surface area contributed by atoms with Gasteiger partial charge in [0.2, 0.25) is 0 Å². The highest BCUT2D eigenvalue weighted by Gasteiger charge is 2.07. The number of nitrogen functional groups attached to an aromatic ring is 1. The zero-order valence-corrected chi connectivity index (χ0v) is 8.25. The summed E-state index contributed by atoms with van der Waals surface area (Å²) in [5, 5.41) is 18.4. The molecule has 6 heteroatoms. The molecular formula is C10H10N4O2. The van der Waals surface area contributed by atoms with E-state index in [1.165, 1.54) is 12.5 Å². The van der Waals surface area contributed by atoms with E-state index in [0.29, 0.717) is 22.6 Å². The molecule has 0 amide bonds. The Labute approximate surface area is 91.4 Å². The Hall–Kier alpha value is -2.34. The number of hydrogen-bond donors (Lipinski definition) is 4. The summed E-state index contributed by atoms with van der Waals surface area (Å²) in [4.78, 5) is 7.62. The van der Waals surface area contributed by atoms with E-state index in [1.54, 1.807) is 18.2 Å². The van der Waals surface area contributed by atoms with Crippen molar-refractivity contribution in [1.29, 1.82) is 0 Å². The van der Waals surface area contributed by atoms with Gasteiger partial charge < -0.3 is 10.8 Å². The lowest BCUT2D eigenvalue weighted by atomic mass is 10.1. The van der Waals surface area contributed by atoms with E-state index < -0.39 is 0 Å². The van der Waals surface area contributed by atoms with Gasteiger partial charge in [-0.05, 0) is 12.1 Å². The fourth-order valence-electron chi connectivity index (χ4n) is 1.35. The van der Waals surface area contributed by atoms with Crippen LogP contribution in [0.15, 0.2) is 30.7 Å². The molecule has 1 aromatic heterocycles. The summed E-state index contributed by atoms with van der Waals surface area (Å²) in [7, 11) is 0. The third-order valence-electron chi connectivity index (χ3n) is 2.14. The molecule has 0 fully saturated rings. The molecule has 0 saturated heterocycles. The highest BCUT2D eigenvalue weighted by atomic mass is 16.5. The molecule has 2 rings (SSSR count). The van der Waals surface area contributed by atoms with Gasteiger partial charge in [-0.2, -0.15) is 0 Å². The number of benzene rings is 1. The van der Waals surface area contributed by atoms with Crippen LogP contribution in [0.1, 0.15) is 0 Å². The smallest absolute Gasteiger partial charge is 0.160 e. The number of aromatic nitrogens is 2. The van der Waals surface area contributed by atoms with E-state index in [2.05, 4.69) is 9.97 Å². The largest absolute Gasteiger partial charge is 0.504 e. The highest BCUT2D eigenvalue weighted by Crippen LogP contribution is 2.29. The number of aromatic hydroxyl groups is 1. The molecule has 0 saturated carbocycles. The molecule has 16 heavy (non-hydrogen) atoms. The van der Waals surface area contributed by atoms with Crippen molar-refractivity contribution in [3.8, 4) is 17.0 Å². The lowest BCUT2D eigenvalue weighted by molar-refractivity contribution is 0.389. The van der Waals surface area contributed by atoms with E-state index in [1.807, 2.05) is 5.48 Å². The van der Waals surface area contributed by atoms with Gasteiger partial charge in [0.1, 0.15) is 12.0 Å². The second-order valence-electron chi connectivity index (χ2n) is 3.17. The summed E-state index contributed by atoms with van der Waals surface area (Å²) in [5.41, 5.74) is 9.34. The van der Waals surface area contributed by atoms with Crippen molar-refractivity contribution in [2.45, 2.75) is 0 Å². The van der Waals surface area contributed by atoms with Gasteiger partial charge in [0.25, 0.3) is 0 Å². The highest BCUT2D eigenvalue weighted by molar-refractivity contribution is 5.75. The van der Waals surface area contributed by atoms with Crippen LogP contribution in [-0.4, -0.2) is 20.3 Å². The molecule has 82 valence electrons. The Balaban J connectivity index is 2.53. The summed E-state index contributed by atoms with van der Waals surface area (Å²) < 4.78 is 0. The maximum absolute atomic E-state index is 9.56. The van der Waals surface area contributed by atoms with Gasteiger partial charge >= 0.3 is 0 Å². The monoisotopic (exact) mass is 218 g/mol. The summed E-state index contributed by atoms with van der Waals surface area (Å²) in [6.45, 7) is 0. The first kappa shape index (κ1) is 10.2. The van der Waals surface area contributed by atoms with Gasteiger partial charge in [-0.15, -0.1) is 0 Å². The normalized spacial score (nSPS) is 10.1. The minimum absolute atomic E-state index is 0.0313. The molecule has 0 aliphatic carbocycles. The quantitative estimate of drug-likeness (QED) is 0.446. The van der Waals surface area contributed by atoms with Gasteiger partial charge in [0.05, 0.1) is 17.6 Å². The summed E-state index contributed by atoms with van der Waals surface area (Å²) in [6, 6.07) is 4.88. The van der Waals surface area contributed by atoms with E-state index in [0.717, 1.165) is 0 Å². The standard InChI is InChI=1S/C10H10N4O2/c11-7-2-1-6(3-8(7)14-16)10-9(15)4-12-5-13-10/h1-5,14-16H,11H2. The zero-order chi connectivity index (χ0) is 11.5. The molecule has 0 aliphatic heterocycles. The maximum atomic E-state index is 9.56. The van der Waals surface area contributed by atoms with Crippen molar-refractivity contribution in [1.82, 2.24) is 9.97 Å². The van der Waals surface area contributed by atoms with Gasteiger partial charge in [-0.1, -0.05) is 6.07 Å². The van der Waals surface area contributed by atoms with Crippen LogP contribution in [0.25, 0.3) is 11.3 Å². The average molecular weight is 218 g/mol. The summed E-state index contributed by atoms with van der Waals surface area (Å²) in [6.07, 6.45) is 2.63. The van der Waals surface area contributed by atoms with Crippen LogP contribution in [0.3, 0.4) is 0 Å². The minimum Gasteiger partial charge on any atom is -0.504 e. The topological polar surface area (TPSA) is 104 Å². The Morgan fingerprint density at radius 1 is 1.31 bits per heavy atom. The number of nitrogens with two attached hydrogens (primary N) is 1. The molecule has 0 spiro atoms. The van der Waals surface area contributed by atoms with Gasteiger partial charge in [-0.3, -0.25) is 10.7 Å². The summed E-state index contributed by atoms with van der Waals surface area (Å²) in [5.74, 6) is -0.0313. The fraction of sp³-hybridized carbons (Fsp3) is 0. The van der Waals surface area contributed by atoms with Crippen molar-refractivity contribution in [3.63, 3.8) is 0 Å². The number of nitrogens with zero attached hydrogens (tertiary/aromatic N) is 2. The minimum atomic E-state index is -0.0313. The number of hydrogen-bond acceptors (Lipinski definition) is 6. The van der Waals surface area contributed by atoms with E-state index in [4.69, 9.17) is 10.9 Å². The Morgan fingerprint density at radius 2 is 2.12 bits per heavy atom. The molecule has 2 aromatic rings. The predicted octanol–water partition coefficient (Wildman–Crippen LogP) is 1.23. The van der Waals surface area contributed by atoms with Crippen LogP contribution in [0.4, 0.5) is 11.4 Å². The Kier molecular flexibility index (Phi) is 2.57. The molecule has 1 heterocycles. The van der Waals surface area contributed by atoms with Crippen LogP contribution >= 0.6 is 0 Å². The van der Waals surface area contributed by atoms with Crippen LogP contribution in [0.5, 0.6) is 5.75 Å². The van der Waals surface area contributed by atoms with Crippen LogP contribution in [0, 0.1) is 0 Å². The average Bonchev–Trinajstić information content (AvgIpc) is 2.31. The van der Waals surface area contributed by atoms with Crippen molar-refractivity contribution >= 4 is 11.4 Å². The van der Waals surface area contributed by atoms with Gasteiger partial charge in [-0.25, -0.2) is 9.97 Å². The van der Waals surface area contributed by atoms with Crippen molar-refractivity contribution in [2.24, 2.45) is 0 Å². The van der Waals surface area contributed by atoms with Gasteiger partial charge in [0.15, 0.2) is 5.75 Å². The summed E-state index contributed by atoms with van der Waals surface area (Å²) >= 11 is 0. The number of anilines is 2. The maximum Gasteiger partial charge on any atom is 0.160 e. The molecule has 0 unspecified atom stereocenters. The first-order valence-electron chi connectivity index (χ1n) is 4.51. The number of nitrogens with one attached hydrogen (secondary N) is 1. The van der Waals surface area contributed by atoms with Crippen molar-refractivity contribution in [3.05, 3.63) is 30.7 Å². The third kappa shape index (κ3) is 1.73. The van der Waals surface area contributed by atoms with E-state index in [-0.39, 0.29) is 5.75 Å². The zero-order valence-electron chi connectivity index (χ0n) is 8.25. The van der Waals surface area contributed by atoms with Crippen molar-refractivity contribution < 1.29 is 10.3 Å². The molecule has 1 aromatic carbocycles.